The van der Waals surface area contributed by atoms with Gasteiger partial charge in [-0.2, -0.15) is 0 Å². The van der Waals surface area contributed by atoms with Crippen LogP contribution in [0.4, 0.5) is 0 Å². The van der Waals surface area contributed by atoms with E-state index in [-0.39, 0.29) is 18.0 Å². The lowest BCUT2D eigenvalue weighted by molar-refractivity contribution is 0.0494. The molecule has 1 fully saturated rings. The van der Waals surface area contributed by atoms with Crippen LogP contribution in [0.2, 0.25) is 0 Å². The van der Waals surface area contributed by atoms with Gasteiger partial charge in [0.05, 0.1) is 0 Å². The molecule has 19 heavy (non-hydrogen) atoms. The zero-order valence-corrected chi connectivity index (χ0v) is 13.1. The number of hydrogen-bond donors (Lipinski definition) is 1. The minimum atomic E-state index is 0.109. The monoisotopic (exact) mass is 324 g/mol. The fourth-order valence-corrected chi connectivity index (χ4v) is 3.06. The molecule has 2 N–H and O–H groups in total. The lowest BCUT2D eigenvalue weighted by atomic mass is 9.95. The first-order valence-corrected chi connectivity index (χ1v) is 7.62. The average molecular weight is 325 g/mol. The fourth-order valence-electron chi connectivity index (χ4n) is 2.81. The molecule has 1 aliphatic rings. The molecule has 1 aromatic carbocycles. The number of benzene rings is 1. The lowest BCUT2D eigenvalue weighted by Gasteiger charge is -2.40. The normalized spacial score (nSPS) is 23.5. The van der Waals surface area contributed by atoms with Gasteiger partial charge in [-0.15, -0.1) is 0 Å². The second-order valence-electron chi connectivity index (χ2n) is 5.35. The predicted molar refractivity (Wildman–Crippen MR) is 81.2 cm³/mol. The molecule has 1 aliphatic heterocycles. The molecule has 2 atom stereocenters. The number of halogens is 1. The summed E-state index contributed by atoms with van der Waals surface area (Å²) in [5, 5.41) is 0. The Morgan fingerprint density at radius 1 is 1.47 bits per heavy atom. The first-order chi connectivity index (χ1) is 9.04. The van der Waals surface area contributed by atoms with Crippen molar-refractivity contribution in [3.8, 4) is 0 Å². The third-order valence-electron chi connectivity index (χ3n) is 3.94. The van der Waals surface area contributed by atoms with E-state index in [1.54, 1.807) is 0 Å². The Kier molecular flexibility index (Phi) is 4.63. The van der Waals surface area contributed by atoms with Gasteiger partial charge in [-0.05, 0) is 56.9 Å². The first-order valence-electron chi connectivity index (χ1n) is 6.83. The van der Waals surface area contributed by atoms with Crippen LogP contribution in [0.1, 0.15) is 42.1 Å². The zero-order valence-electron chi connectivity index (χ0n) is 11.5. The summed E-state index contributed by atoms with van der Waals surface area (Å²) >= 11 is 3.47. The van der Waals surface area contributed by atoms with Crippen LogP contribution < -0.4 is 5.73 Å². The van der Waals surface area contributed by atoms with Gasteiger partial charge in [-0.25, -0.2) is 0 Å². The highest BCUT2D eigenvalue weighted by Crippen LogP contribution is 2.25. The molecule has 2 rings (SSSR count). The van der Waals surface area contributed by atoms with Crippen molar-refractivity contribution in [2.45, 2.75) is 45.2 Å². The van der Waals surface area contributed by atoms with E-state index in [2.05, 4.69) is 22.9 Å². The van der Waals surface area contributed by atoms with Gasteiger partial charge in [0.25, 0.3) is 5.91 Å². The molecule has 1 heterocycles. The van der Waals surface area contributed by atoms with E-state index in [9.17, 15) is 4.79 Å². The molecule has 0 aliphatic carbocycles. The molecule has 0 aromatic heterocycles. The van der Waals surface area contributed by atoms with Crippen LogP contribution in [-0.2, 0) is 0 Å². The van der Waals surface area contributed by atoms with Gasteiger partial charge in [0.15, 0.2) is 0 Å². The maximum Gasteiger partial charge on any atom is 0.254 e. The Balaban J connectivity index is 2.27. The van der Waals surface area contributed by atoms with Crippen LogP contribution in [-0.4, -0.2) is 29.4 Å². The van der Waals surface area contributed by atoms with E-state index < -0.39 is 0 Å². The summed E-state index contributed by atoms with van der Waals surface area (Å²) in [4.78, 5) is 14.7. The smallest absolute Gasteiger partial charge is 0.254 e. The number of carbonyl (C=O) groups excluding carboxylic acids is 1. The van der Waals surface area contributed by atoms with E-state index in [4.69, 9.17) is 5.73 Å². The van der Waals surface area contributed by atoms with Crippen LogP contribution in [0.25, 0.3) is 0 Å². The highest BCUT2D eigenvalue weighted by atomic mass is 79.9. The predicted octanol–water partition coefficient (Wildman–Crippen LogP) is 3.10. The van der Waals surface area contributed by atoms with Crippen LogP contribution in [0, 0.1) is 6.92 Å². The zero-order chi connectivity index (χ0) is 14.0. The van der Waals surface area contributed by atoms with E-state index in [1.807, 2.05) is 30.0 Å². The van der Waals surface area contributed by atoms with Gasteiger partial charge in [0.2, 0.25) is 0 Å². The molecule has 0 bridgehead atoms. The van der Waals surface area contributed by atoms with Crippen molar-refractivity contribution < 1.29 is 4.79 Å². The summed E-state index contributed by atoms with van der Waals surface area (Å²) in [6.07, 6.45) is 3.24. The quantitative estimate of drug-likeness (QED) is 0.908. The molecular weight excluding hydrogens is 304 g/mol. The molecule has 4 heteroatoms. The minimum absolute atomic E-state index is 0.109. The molecule has 2 unspecified atom stereocenters. The van der Waals surface area contributed by atoms with Crippen molar-refractivity contribution in [1.82, 2.24) is 4.90 Å². The van der Waals surface area contributed by atoms with E-state index >= 15 is 0 Å². The van der Waals surface area contributed by atoms with Crippen molar-refractivity contribution >= 4 is 21.8 Å². The van der Waals surface area contributed by atoms with Crippen LogP contribution in [0.5, 0.6) is 0 Å². The number of amides is 1. The summed E-state index contributed by atoms with van der Waals surface area (Å²) in [7, 11) is 0. The average Bonchev–Trinajstić information content (AvgIpc) is 2.40. The Bertz CT molecular complexity index is 475. The van der Waals surface area contributed by atoms with Crippen molar-refractivity contribution in [2.75, 3.05) is 6.54 Å². The third-order valence-corrected chi connectivity index (χ3v) is 4.83. The Morgan fingerprint density at radius 2 is 2.21 bits per heavy atom. The number of piperidine rings is 1. The van der Waals surface area contributed by atoms with Gasteiger partial charge in [-0.3, -0.25) is 4.79 Å². The maximum absolute atomic E-state index is 12.7. The molecule has 0 radical (unpaired) electrons. The van der Waals surface area contributed by atoms with Crippen LogP contribution in [0.15, 0.2) is 22.7 Å². The summed E-state index contributed by atoms with van der Waals surface area (Å²) in [5.41, 5.74) is 7.66. The SMILES string of the molecule is Cc1cc(C(=O)N2C(C)CCCC2CN)ccc1Br. The number of likely N-dealkylation sites (tertiary alicyclic amines) is 1. The second-order valence-corrected chi connectivity index (χ2v) is 6.20. The van der Waals surface area contributed by atoms with Crippen LogP contribution in [0.3, 0.4) is 0 Å². The van der Waals surface area contributed by atoms with Crippen LogP contribution >= 0.6 is 15.9 Å². The Labute approximate surface area is 123 Å². The number of nitrogens with zero attached hydrogens (tertiary/aromatic N) is 1. The topological polar surface area (TPSA) is 46.3 Å². The molecule has 1 saturated heterocycles. The first kappa shape index (κ1) is 14.5. The molecular formula is C15H21BrN2O. The molecule has 104 valence electrons. The van der Waals surface area contributed by atoms with E-state index in [1.165, 1.54) is 0 Å². The van der Waals surface area contributed by atoms with Crippen molar-refractivity contribution in [1.29, 1.82) is 0 Å². The maximum atomic E-state index is 12.7. The fraction of sp³-hybridized carbons (Fsp3) is 0.533. The number of carbonyl (C=O) groups is 1. The number of rotatable bonds is 2. The van der Waals surface area contributed by atoms with Gasteiger partial charge < -0.3 is 10.6 Å². The van der Waals surface area contributed by atoms with Gasteiger partial charge in [0.1, 0.15) is 0 Å². The highest BCUT2D eigenvalue weighted by molar-refractivity contribution is 9.10. The summed E-state index contributed by atoms with van der Waals surface area (Å²) in [5.74, 6) is 0.109. The molecule has 3 nitrogen and oxygen atoms in total. The molecule has 1 amide bonds. The molecule has 0 spiro atoms. The van der Waals surface area contributed by atoms with Crippen molar-refractivity contribution in [2.24, 2.45) is 5.73 Å². The third kappa shape index (κ3) is 3.00. The molecule has 1 aromatic rings. The van der Waals surface area contributed by atoms with Crippen molar-refractivity contribution in [3.05, 3.63) is 33.8 Å². The Hall–Kier alpha value is -0.870. The van der Waals surface area contributed by atoms with Gasteiger partial charge >= 0.3 is 0 Å². The van der Waals surface area contributed by atoms with Crippen molar-refractivity contribution in [3.63, 3.8) is 0 Å². The van der Waals surface area contributed by atoms with Gasteiger partial charge in [0, 0.05) is 28.7 Å². The summed E-state index contributed by atoms with van der Waals surface area (Å²) in [6, 6.07) is 6.23. The number of hydrogen-bond acceptors (Lipinski definition) is 2. The standard InChI is InChI=1S/C15H21BrN2O/c1-10-8-12(6-7-14(10)16)15(19)18-11(2)4-3-5-13(18)9-17/h6-8,11,13H,3-5,9,17H2,1-2H3. The largest absolute Gasteiger partial charge is 0.332 e. The summed E-state index contributed by atoms with van der Waals surface area (Å²) in [6.45, 7) is 4.66. The lowest BCUT2D eigenvalue weighted by Crippen LogP contribution is -2.51. The second kappa shape index (κ2) is 6.06. The molecule has 0 saturated carbocycles. The number of aryl methyl sites for hydroxylation is 1. The minimum Gasteiger partial charge on any atom is -0.332 e. The Morgan fingerprint density at radius 3 is 2.84 bits per heavy atom. The van der Waals surface area contributed by atoms with Gasteiger partial charge in [-0.1, -0.05) is 15.9 Å². The highest BCUT2D eigenvalue weighted by Gasteiger charge is 2.31. The number of nitrogens with two attached hydrogens (primary N) is 1. The van der Waals surface area contributed by atoms with E-state index in [0.29, 0.717) is 6.54 Å². The van der Waals surface area contributed by atoms with E-state index in [0.717, 1.165) is 34.9 Å². The summed E-state index contributed by atoms with van der Waals surface area (Å²) < 4.78 is 1.03.